The number of hydrogen-bond acceptors (Lipinski definition) is 3. The molecule has 0 aromatic carbocycles. The third kappa shape index (κ3) is 3.16. The van der Waals surface area contributed by atoms with Crippen LogP contribution in [0.15, 0.2) is 12.1 Å². The third-order valence-electron chi connectivity index (χ3n) is 2.85. The van der Waals surface area contributed by atoms with Crippen LogP contribution in [0.2, 0.25) is 4.34 Å². The zero-order valence-electron chi connectivity index (χ0n) is 9.54. The Balaban J connectivity index is 2.06. The van der Waals surface area contributed by atoms with Crippen molar-refractivity contribution in [2.24, 2.45) is 0 Å². The zero-order valence-corrected chi connectivity index (χ0v) is 11.9. The normalized spacial score (nSPS) is 22.5. The van der Waals surface area contributed by atoms with Crippen LogP contribution < -0.4 is 5.32 Å². The van der Waals surface area contributed by atoms with Gasteiger partial charge in [0.25, 0.3) is 0 Å². The lowest BCUT2D eigenvalue weighted by atomic mass is 10.1. The molecule has 16 heavy (non-hydrogen) atoms. The van der Waals surface area contributed by atoms with E-state index in [9.17, 15) is 0 Å². The lowest BCUT2D eigenvalue weighted by molar-refractivity contribution is 0.510. The molecule has 2 atom stereocenters. The molecular formula is C12H18ClNS2. The van der Waals surface area contributed by atoms with Crippen molar-refractivity contribution in [1.82, 2.24) is 5.32 Å². The molecule has 2 rings (SSSR count). The fourth-order valence-corrected chi connectivity index (χ4v) is 4.77. The van der Waals surface area contributed by atoms with Gasteiger partial charge in [-0.25, -0.2) is 0 Å². The van der Waals surface area contributed by atoms with E-state index in [-0.39, 0.29) is 0 Å². The highest BCUT2D eigenvalue weighted by atomic mass is 35.5. The fraction of sp³-hybridized carbons (Fsp3) is 0.667. The van der Waals surface area contributed by atoms with Crippen LogP contribution in [0.4, 0.5) is 0 Å². The van der Waals surface area contributed by atoms with Crippen molar-refractivity contribution >= 4 is 34.7 Å². The van der Waals surface area contributed by atoms with E-state index in [4.69, 9.17) is 11.6 Å². The molecule has 4 heteroatoms. The summed E-state index contributed by atoms with van der Waals surface area (Å²) in [6.07, 6.45) is 3.88. The summed E-state index contributed by atoms with van der Waals surface area (Å²) >= 11 is 9.86. The second kappa shape index (κ2) is 6.29. The second-order valence-corrected chi connectivity index (χ2v) is 7.22. The Labute approximate surface area is 111 Å². The van der Waals surface area contributed by atoms with Gasteiger partial charge in [0.05, 0.1) is 10.4 Å². The van der Waals surface area contributed by atoms with Crippen LogP contribution in [-0.4, -0.2) is 17.5 Å². The lowest BCUT2D eigenvalue weighted by Gasteiger charge is -2.23. The summed E-state index contributed by atoms with van der Waals surface area (Å²) in [5.74, 6) is 1.31. The van der Waals surface area contributed by atoms with Gasteiger partial charge in [-0.2, -0.15) is 11.8 Å². The summed E-state index contributed by atoms with van der Waals surface area (Å²) < 4.78 is 0.904. The van der Waals surface area contributed by atoms with E-state index in [1.165, 1.54) is 29.9 Å². The zero-order chi connectivity index (χ0) is 11.4. The molecule has 0 radical (unpaired) electrons. The Kier molecular flexibility index (Phi) is 5.01. The summed E-state index contributed by atoms with van der Waals surface area (Å²) in [4.78, 5) is 1.40. The molecule has 0 spiro atoms. The van der Waals surface area contributed by atoms with Crippen molar-refractivity contribution in [3.63, 3.8) is 0 Å². The molecule has 1 aliphatic heterocycles. The lowest BCUT2D eigenvalue weighted by Crippen LogP contribution is -2.28. The van der Waals surface area contributed by atoms with E-state index >= 15 is 0 Å². The Morgan fingerprint density at radius 3 is 3.00 bits per heavy atom. The Bertz CT molecular complexity index is 321. The maximum Gasteiger partial charge on any atom is 0.0931 e. The standard InChI is InChI=1S/C12H18ClNS2/c1-2-7-14-12(9-4-3-8-15-9)10-5-6-11(13)16-10/h5-6,9,12,14H,2-4,7-8H2,1H3. The quantitative estimate of drug-likeness (QED) is 0.858. The SMILES string of the molecule is CCCNC(c1ccc(Cl)s1)C1CCCS1. The van der Waals surface area contributed by atoms with E-state index in [0.717, 1.165) is 16.1 Å². The summed E-state index contributed by atoms with van der Waals surface area (Å²) in [7, 11) is 0. The third-order valence-corrected chi connectivity index (χ3v) is 5.63. The molecule has 0 saturated carbocycles. The van der Waals surface area contributed by atoms with Crippen LogP contribution in [0.3, 0.4) is 0 Å². The predicted octanol–water partition coefficient (Wildman–Crippen LogP) is 4.34. The van der Waals surface area contributed by atoms with Gasteiger partial charge >= 0.3 is 0 Å². The fourth-order valence-electron chi connectivity index (χ4n) is 2.08. The van der Waals surface area contributed by atoms with Gasteiger partial charge in [0.1, 0.15) is 0 Å². The molecule has 0 amide bonds. The van der Waals surface area contributed by atoms with Gasteiger partial charge in [0, 0.05) is 10.1 Å². The van der Waals surface area contributed by atoms with E-state index in [1.54, 1.807) is 11.3 Å². The first-order valence-electron chi connectivity index (χ1n) is 5.91. The van der Waals surface area contributed by atoms with Crippen molar-refractivity contribution in [2.75, 3.05) is 12.3 Å². The van der Waals surface area contributed by atoms with Gasteiger partial charge in [-0.15, -0.1) is 11.3 Å². The van der Waals surface area contributed by atoms with Crippen LogP contribution in [0.1, 0.15) is 37.1 Å². The number of halogens is 1. The Morgan fingerprint density at radius 2 is 2.44 bits per heavy atom. The first kappa shape index (κ1) is 12.7. The smallest absolute Gasteiger partial charge is 0.0931 e. The molecule has 1 fully saturated rings. The van der Waals surface area contributed by atoms with Crippen molar-refractivity contribution in [1.29, 1.82) is 0 Å². The highest BCUT2D eigenvalue weighted by Crippen LogP contribution is 2.39. The monoisotopic (exact) mass is 275 g/mol. The van der Waals surface area contributed by atoms with Crippen LogP contribution >= 0.6 is 34.7 Å². The van der Waals surface area contributed by atoms with E-state index < -0.39 is 0 Å². The van der Waals surface area contributed by atoms with Gasteiger partial charge in [-0.3, -0.25) is 0 Å². The molecule has 1 saturated heterocycles. The summed E-state index contributed by atoms with van der Waals surface area (Å²) in [6, 6.07) is 4.70. The molecular weight excluding hydrogens is 258 g/mol. The molecule has 90 valence electrons. The van der Waals surface area contributed by atoms with Crippen molar-refractivity contribution in [3.8, 4) is 0 Å². The van der Waals surface area contributed by atoms with Crippen molar-refractivity contribution in [2.45, 2.75) is 37.5 Å². The number of nitrogens with one attached hydrogen (secondary N) is 1. The van der Waals surface area contributed by atoms with Gasteiger partial charge in [-0.1, -0.05) is 18.5 Å². The first-order chi connectivity index (χ1) is 7.81. The molecule has 1 aliphatic rings. The molecule has 1 N–H and O–H groups in total. The van der Waals surface area contributed by atoms with E-state index in [0.29, 0.717) is 6.04 Å². The second-order valence-electron chi connectivity index (χ2n) is 4.13. The summed E-state index contributed by atoms with van der Waals surface area (Å²) in [5.41, 5.74) is 0. The van der Waals surface area contributed by atoms with Gasteiger partial charge in [-0.05, 0) is 43.7 Å². The molecule has 1 aromatic heterocycles. The highest BCUT2D eigenvalue weighted by Gasteiger charge is 2.27. The van der Waals surface area contributed by atoms with Gasteiger partial charge in [0.2, 0.25) is 0 Å². The molecule has 1 aromatic rings. The van der Waals surface area contributed by atoms with Crippen molar-refractivity contribution in [3.05, 3.63) is 21.3 Å². The molecule has 2 unspecified atom stereocenters. The Hall–Kier alpha value is 0.300. The average Bonchev–Trinajstić information content (AvgIpc) is 2.91. The van der Waals surface area contributed by atoms with Crippen molar-refractivity contribution < 1.29 is 0 Å². The summed E-state index contributed by atoms with van der Waals surface area (Å²) in [5, 5.41) is 4.41. The molecule has 2 heterocycles. The maximum atomic E-state index is 6.03. The van der Waals surface area contributed by atoms with Gasteiger partial charge in [0.15, 0.2) is 0 Å². The summed E-state index contributed by atoms with van der Waals surface area (Å²) in [6.45, 7) is 3.31. The van der Waals surface area contributed by atoms with Crippen LogP contribution in [0.5, 0.6) is 0 Å². The number of rotatable bonds is 5. The van der Waals surface area contributed by atoms with Crippen LogP contribution in [0.25, 0.3) is 0 Å². The highest BCUT2D eigenvalue weighted by molar-refractivity contribution is 8.00. The maximum absolute atomic E-state index is 6.03. The number of thiophene rings is 1. The average molecular weight is 276 g/mol. The van der Waals surface area contributed by atoms with E-state index in [1.807, 2.05) is 6.07 Å². The largest absolute Gasteiger partial charge is 0.308 e. The molecule has 0 bridgehead atoms. The topological polar surface area (TPSA) is 12.0 Å². The predicted molar refractivity (Wildman–Crippen MR) is 75.8 cm³/mol. The van der Waals surface area contributed by atoms with Crippen LogP contribution in [0, 0.1) is 0 Å². The number of hydrogen-bond donors (Lipinski definition) is 1. The Morgan fingerprint density at radius 1 is 1.56 bits per heavy atom. The molecule has 1 nitrogen and oxygen atoms in total. The number of thioether (sulfide) groups is 1. The van der Waals surface area contributed by atoms with Gasteiger partial charge < -0.3 is 5.32 Å². The first-order valence-corrected chi connectivity index (χ1v) is 8.16. The van der Waals surface area contributed by atoms with Crippen LogP contribution in [-0.2, 0) is 0 Å². The molecule has 0 aliphatic carbocycles. The van der Waals surface area contributed by atoms with E-state index in [2.05, 4.69) is 30.1 Å². The minimum Gasteiger partial charge on any atom is -0.308 e. The minimum atomic E-state index is 0.505. The minimum absolute atomic E-state index is 0.505.